The van der Waals surface area contributed by atoms with Gasteiger partial charge in [-0.25, -0.2) is 9.97 Å². The molecule has 0 aliphatic carbocycles. The van der Waals surface area contributed by atoms with Crippen molar-refractivity contribution < 1.29 is 5.11 Å². The van der Waals surface area contributed by atoms with Crippen LogP contribution in [0.1, 0.15) is 24.0 Å². The van der Waals surface area contributed by atoms with Crippen molar-refractivity contribution in [1.82, 2.24) is 14.9 Å². The number of nitrogens with zero attached hydrogens (tertiary/aromatic N) is 3. The van der Waals surface area contributed by atoms with Gasteiger partial charge in [0, 0.05) is 37.6 Å². The van der Waals surface area contributed by atoms with E-state index in [4.69, 9.17) is 11.6 Å². The van der Waals surface area contributed by atoms with Gasteiger partial charge in [0.1, 0.15) is 0 Å². The van der Waals surface area contributed by atoms with E-state index in [0.29, 0.717) is 12.8 Å². The molecule has 0 saturated carbocycles. The summed E-state index contributed by atoms with van der Waals surface area (Å²) >= 11 is 5.70. The minimum absolute atomic E-state index is 0.212. The minimum Gasteiger partial charge on any atom is -0.385 e. The first-order valence-electron chi connectivity index (χ1n) is 7.12. The fourth-order valence-electron chi connectivity index (χ4n) is 2.76. The van der Waals surface area contributed by atoms with Crippen LogP contribution in [-0.2, 0) is 12.1 Å². The predicted molar refractivity (Wildman–Crippen MR) is 81.9 cm³/mol. The van der Waals surface area contributed by atoms with Gasteiger partial charge < -0.3 is 5.11 Å². The minimum atomic E-state index is -0.836. The van der Waals surface area contributed by atoms with E-state index in [1.807, 2.05) is 6.07 Å². The number of likely N-dealkylation sites (tertiary alicyclic amines) is 1. The average molecular weight is 304 g/mol. The summed E-state index contributed by atoms with van der Waals surface area (Å²) in [6.07, 6.45) is 4.63. The fourth-order valence-corrected chi connectivity index (χ4v) is 2.86. The van der Waals surface area contributed by atoms with Crippen LogP contribution in [0.25, 0.3) is 0 Å². The highest BCUT2D eigenvalue weighted by molar-refractivity contribution is 6.28. The lowest BCUT2D eigenvalue weighted by molar-refractivity contribution is -0.0282. The van der Waals surface area contributed by atoms with E-state index >= 15 is 0 Å². The monoisotopic (exact) mass is 303 g/mol. The highest BCUT2D eigenvalue weighted by atomic mass is 35.5. The molecule has 0 atom stereocenters. The van der Waals surface area contributed by atoms with Crippen LogP contribution in [0.5, 0.6) is 0 Å². The molecule has 1 saturated heterocycles. The molecule has 5 heteroatoms. The summed E-state index contributed by atoms with van der Waals surface area (Å²) in [5.74, 6) is 0. The molecule has 3 rings (SSSR count). The molecule has 2 aromatic rings. The Bertz CT molecular complexity index is 580. The van der Waals surface area contributed by atoms with Crippen LogP contribution >= 0.6 is 11.6 Å². The third kappa shape index (κ3) is 3.40. The third-order valence-corrected chi connectivity index (χ3v) is 4.29. The molecule has 1 fully saturated rings. The topological polar surface area (TPSA) is 49.3 Å². The van der Waals surface area contributed by atoms with E-state index in [9.17, 15) is 5.11 Å². The summed E-state index contributed by atoms with van der Waals surface area (Å²) in [6.45, 7) is 2.63. The second-order valence-corrected chi connectivity index (χ2v) is 5.87. The smallest absolute Gasteiger partial charge is 0.222 e. The molecule has 1 N–H and O–H groups in total. The summed E-state index contributed by atoms with van der Waals surface area (Å²) in [5, 5.41) is 11.0. The molecule has 110 valence electrons. The zero-order valence-corrected chi connectivity index (χ0v) is 12.5. The van der Waals surface area contributed by atoms with Gasteiger partial charge in [0.2, 0.25) is 5.28 Å². The molecular formula is C16H18ClN3O. The van der Waals surface area contributed by atoms with Crippen molar-refractivity contribution in [2.75, 3.05) is 13.1 Å². The first-order valence-corrected chi connectivity index (χ1v) is 7.50. The van der Waals surface area contributed by atoms with E-state index < -0.39 is 5.60 Å². The average Bonchev–Trinajstić information content (AvgIpc) is 2.51. The van der Waals surface area contributed by atoms with E-state index in [-0.39, 0.29) is 5.28 Å². The van der Waals surface area contributed by atoms with Crippen molar-refractivity contribution in [2.24, 2.45) is 0 Å². The SMILES string of the molecule is OC1(c2cnc(Cl)nc2)CCN(Cc2ccccc2)CC1. The standard InChI is InChI=1S/C16H18ClN3O/c17-15-18-10-14(11-19-15)16(21)6-8-20(9-7-16)12-13-4-2-1-3-5-13/h1-5,10-11,21H,6-9,12H2. The molecule has 1 aromatic carbocycles. The predicted octanol–water partition coefficient (Wildman–Crippen LogP) is 2.61. The number of benzene rings is 1. The number of hydrogen-bond acceptors (Lipinski definition) is 4. The molecule has 21 heavy (non-hydrogen) atoms. The van der Waals surface area contributed by atoms with Gasteiger partial charge in [-0.15, -0.1) is 0 Å². The molecular weight excluding hydrogens is 286 g/mol. The zero-order chi connectivity index (χ0) is 14.7. The molecule has 0 unspecified atom stereocenters. The third-order valence-electron chi connectivity index (χ3n) is 4.09. The van der Waals surface area contributed by atoms with Gasteiger partial charge in [-0.1, -0.05) is 30.3 Å². The fraction of sp³-hybridized carbons (Fsp3) is 0.375. The van der Waals surface area contributed by atoms with Crippen molar-refractivity contribution >= 4 is 11.6 Å². The summed E-state index contributed by atoms with van der Waals surface area (Å²) < 4.78 is 0. The van der Waals surface area contributed by atoms with Gasteiger partial charge in [0.05, 0.1) is 5.60 Å². The summed E-state index contributed by atoms with van der Waals surface area (Å²) in [6, 6.07) is 10.4. The number of rotatable bonds is 3. The highest BCUT2D eigenvalue weighted by Gasteiger charge is 2.34. The number of aliphatic hydroxyl groups is 1. The van der Waals surface area contributed by atoms with Crippen LogP contribution in [0.3, 0.4) is 0 Å². The lowest BCUT2D eigenvalue weighted by atomic mass is 9.86. The van der Waals surface area contributed by atoms with Crippen LogP contribution < -0.4 is 0 Å². The largest absolute Gasteiger partial charge is 0.385 e. The molecule has 0 bridgehead atoms. The second kappa shape index (κ2) is 6.10. The maximum Gasteiger partial charge on any atom is 0.222 e. The Morgan fingerprint density at radius 3 is 2.33 bits per heavy atom. The first-order chi connectivity index (χ1) is 10.2. The van der Waals surface area contributed by atoms with Gasteiger partial charge in [0.15, 0.2) is 0 Å². The van der Waals surface area contributed by atoms with Crippen LogP contribution in [-0.4, -0.2) is 33.1 Å². The number of halogens is 1. The Morgan fingerprint density at radius 1 is 1.10 bits per heavy atom. The van der Waals surface area contributed by atoms with Gasteiger partial charge in [-0.3, -0.25) is 4.90 Å². The van der Waals surface area contributed by atoms with E-state index in [0.717, 1.165) is 25.2 Å². The van der Waals surface area contributed by atoms with Crippen LogP contribution in [0.15, 0.2) is 42.7 Å². The number of piperidine rings is 1. The molecule has 1 aliphatic heterocycles. The Kier molecular flexibility index (Phi) is 4.19. The maximum absolute atomic E-state index is 10.8. The van der Waals surface area contributed by atoms with E-state index in [1.54, 1.807) is 12.4 Å². The molecule has 1 aromatic heterocycles. The Hall–Kier alpha value is -1.49. The molecule has 1 aliphatic rings. The van der Waals surface area contributed by atoms with Crippen LogP contribution in [0, 0.1) is 0 Å². The molecule has 0 amide bonds. The molecule has 0 radical (unpaired) electrons. The Morgan fingerprint density at radius 2 is 1.71 bits per heavy atom. The maximum atomic E-state index is 10.8. The van der Waals surface area contributed by atoms with Crippen LogP contribution in [0.4, 0.5) is 0 Å². The highest BCUT2D eigenvalue weighted by Crippen LogP contribution is 2.32. The Labute approximate surface area is 129 Å². The first kappa shape index (κ1) is 14.4. The van der Waals surface area contributed by atoms with Crippen LogP contribution in [0.2, 0.25) is 5.28 Å². The van der Waals surface area contributed by atoms with Crippen molar-refractivity contribution in [3.8, 4) is 0 Å². The lowest BCUT2D eigenvalue weighted by Gasteiger charge is -2.38. The van der Waals surface area contributed by atoms with Crippen molar-refractivity contribution in [1.29, 1.82) is 0 Å². The van der Waals surface area contributed by atoms with Gasteiger partial charge in [-0.2, -0.15) is 0 Å². The van der Waals surface area contributed by atoms with Gasteiger partial charge in [-0.05, 0) is 30.0 Å². The van der Waals surface area contributed by atoms with Crippen molar-refractivity contribution in [3.63, 3.8) is 0 Å². The second-order valence-electron chi connectivity index (χ2n) is 5.53. The summed E-state index contributed by atoms with van der Waals surface area (Å²) in [7, 11) is 0. The summed E-state index contributed by atoms with van der Waals surface area (Å²) in [5.41, 5.74) is 1.22. The van der Waals surface area contributed by atoms with Crippen molar-refractivity contribution in [3.05, 3.63) is 59.1 Å². The normalized spacial score (nSPS) is 18.6. The molecule has 2 heterocycles. The number of hydrogen-bond donors (Lipinski definition) is 1. The van der Waals surface area contributed by atoms with Gasteiger partial charge in [0.25, 0.3) is 0 Å². The van der Waals surface area contributed by atoms with E-state index in [1.165, 1.54) is 5.56 Å². The molecule has 0 spiro atoms. The van der Waals surface area contributed by atoms with Crippen molar-refractivity contribution in [2.45, 2.75) is 25.0 Å². The lowest BCUT2D eigenvalue weighted by Crippen LogP contribution is -2.42. The molecule has 4 nitrogen and oxygen atoms in total. The van der Waals surface area contributed by atoms with E-state index in [2.05, 4.69) is 39.1 Å². The number of aromatic nitrogens is 2. The Balaban J connectivity index is 1.63. The summed E-state index contributed by atoms with van der Waals surface area (Å²) in [4.78, 5) is 10.3. The quantitative estimate of drug-likeness (QED) is 0.886. The van der Waals surface area contributed by atoms with Gasteiger partial charge >= 0.3 is 0 Å². The zero-order valence-electron chi connectivity index (χ0n) is 11.7.